The second-order valence-corrected chi connectivity index (χ2v) is 5.90. The predicted octanol–water partition coefficient (Wildman–Crippen LogP) is 0.605. The van der Waals surface area contributed by atoms with Gasteiger partial charge < -0.3 is 15.5 Å². The highest BCUT2D eigenvalue weighted by atomic mass is 32.1. The number of hydrogen-bond donors (Lipinski definition) is 1. The van der Waals surface area contributed by atoms with Gasteiger partial charge in [-0.15, -0.1) is 0 Å². The average Bonchev–Trinajstić information content (AvgIpc) is 3.09. The molecule has 2 N–H and O–H groups in total. The maximum absolute atomic E-state index is 12.4. The van der Waals surface area contributed by atoms with E-state index in [2.05, 4.69) is 19.0 Å². The van der Waals surface area contributed by atoms with Crippen molar-refractivity contribution in [2.45, 2.75) is 31.7 Å². The molecule has 1 unspecified atom stereocenters. The van der Waals surface area contributed by atoms with Crippen molar-refractivity contribution in [2.75, 3.05) is 27.2 Å². The molecule has 2 aliphatic rings. The minimum atomic E-state index is -0.483. The van der Waals surface area contributed by atoms with E-state index in [-0.39, 0.29) is 5.91 Å². The standard InChI is InChI=1S/C12H21N3OS/c1-14(2)9-4-3-7-15(8-9)11(16)12(5-6-12)10(13)17/h9H,3-8H2,1-2H3,(H2,13,17). The second kappa shape index (κ2) is 4.53. The predicted molar refractivity (Wildman–Crippen MR) is 71.7 cm³/mol. The summed E-state index contributed by atoms with van der Waals surface area (Å²) in [6.45, 7) is 1.67. The Labute approximate surface area is 108 Å². The van der Waals surface area contributed by atoms with Gasteiger partial charge in [-0.25, -0.2) is 0 Å². The van der Waals surface area contributed by atoms with Crippen LogP contribution in [0.2, 0.25) is 0 Å². The number of amides is 1. The van der Waals surface area contributed by atoms with Crippen LogP contribution in [-0.2, 0) is 4.79 Å². The number of rotatable bonds is 3. The molecule has 0 aromatic carbocycles. The molecule has 0 spiro atoms. The van der Waals surface area contributed by atoms with Crippen molar-refractivity contribution in [1.29, 1.82) is 0 Å². The van der Waals surface area contributed by atoms with Crippen molar-refractivity contribution in [2.24, 2.45) is 11.1 Å². The molecule has 1 saturated carbocycles. The van der Waals surface area contributed by atoms with Gasteiger partial charge >= 0.3 is 0 Å². The first kappa shape index (κ1) is 12.8. The van der Waals surface area contributed by atoms with Crippen LogP contribution in [0.5, 0.6) is 0 Å². The molecule has 2 fully saturated rings. The summed E-state index contributed by atoms with van der Waals surface area (Å²) in [6.07, 6.45) is 3.91. The molecular weight excluding hydrogens is 234 g/mol. The molecule has 1 amide bonds. The lowest BCUT2D eigenvalue weighted by atomic mass is 10.00. The fraction of sp³-hybridized carbons (Fsp3) is 0.833. The van der Waals surface area contributed by atoms with Gasteiger partial charge in [0.2, 0.25) is 5.91 Å². The number of nitrogens with two attached hydrogens (primary N) is 1. The second-order valence-electron chi connectivity index (χ2n) is 5.46. The van der Waals surface area contributed by atoms with Gasteiger partial charge in [0.1, 0.15) is 0 Å². The van der Waals surface area contributed by atoms with Gasteiger partial charge in [-0.3, -0.25) is 4.79 Å². The molecule has 1 saturated heterocycles. The summed E-state index contributed by atoms with van der Waals surface area (Å²) in [6, 6.07) is 0.467. The molecule has 96 valence electrons. The molecule has 1 atom stereocenters. The average molecular weight is 255 g/mol. The lowest BCUT2D eigenvalue weighted by molar-refractivity contribution is -0.136. The van der Waals surface area contributed by atoms with Crippen LogP contribution in [0.15, 0.2) is 0 Å². The Hall–Kier alpha value is -0.680. The van der Waals surface area contributed by atoms with Crippen molar-refractivity contribution >= 4 is 23.1 Å². The molecule has 0 radical (unpaired) electrons. The molecule has 0 aromatic rings. The number of hydrogen-bond acceptors (Lipinski definition) is 3. The summed E-state index contributed by atoms with van der Waals surface area (Å²) in [7, 11) is 4.14. The SMILES string of the molecule is CN(C)C1CCCN(C(=O)C2(C(N)=S)CC2)C1. The first-order chi connectivity index (χ1) is 7.97. The lowest BCUT2D eigenvalue weighted by Crippen LogP contribution is -2.51. The van der Waals surface area contributed by atoms with Crippen LogP contribution in [0.4, 0.5) is 0 Å². The molecule has 1 aliphatic carbocycles. The van der Waals surface area contributed by atoms with Crippen molar-refractivity contribution in [3.63, 3.8) is 0 Å². The van der Waals surface area contributed by atoms with Crippen LogP contribution < -0.4 is 5.73 Å². The molecule has 1 heterocycles. The third-order valence-electron chi connectivity index (χ3n) is 4.05. The van der Waals surface area contributed by atoms with Gasteiger partial charge in [-0.2, -0.15) is 0 Å². The zero-order valence-corrected chi connectivity index (χ0v) is 11.4. The molecule has 0 aromatic heterocycles. The zero-order chi connectivity index (χ0) is 12.6. The summed E-state index contributed by atoms with van der Waals surface area (Å²) in [5.74, 6) is 0.163. The third kappa shape index (κ3) is 2.31. The fourth-order valence-electron chi connectivity index (χ4n) is 2.55. The van der Waals surface area contributed by atoms with E-state index < -0.39 is 5.41 Å². The van der Waals surface area contributed by atoms with Gasteiger partial charge in [0, 0.05) is 19.1 Å². The number of likely N-dealkylation sites (tertiary alicyclic amines) is 1. The number of piperidine rings is 1. The molecule has 0 bridgehead atoms. The normalized spacial score (nSPS) is 27.0. The molecule has 2 rings (SSSR count). The van der Waals surface area contributed by atoms with Gasteiger partial charge in [0.05, 0.1) is 10.4 Å². The Morgan fingerprint density at radius 2 is 2.12 bits per heavy atom. The first-order valence-corrected chi connectivity index (χ1v) is 6.64. The molecular formula is C12H21N3OS. The van der Waals surface area contributed by atoms with E-state index in [1.807, 2.05) is 4.90 Å². The van der Waals surface area contributed by atoms with E-state index in [1.54, 1.807) is 0 Å². The van der Waals surface area contributed by atoms with Crippen molar-refractivity contribution in [3.05, 3.63) is 0 Å². The maximum Gasteiger partial charge on any atom is 0.235 e. The zero-order valence-electron chi connectivity index (χ0n) is 10.6. The Kier molecular flexibility index (Phi) is 3.41. The van der Waals surface area contributed by atoms with Gasteiger partial charge in [0.15, 0.2) is 0 Å². The van der Waals surface area contributed by atoms with E-state index in [1.165, 1.54) is 0 Å². The quantitative estimate of drug-likeness (QED) is 0.751. The van der Waals surface area contributed by atoms with Crippen LogP contribution in [0, 0.1) is 5.41 Å². The molecule has 1 aliphatic heterocycles. The highest BCUT2D eigenvalue weighted by molar-refractivity contribution is 7.80. The van der Waals surface area contributed by atoms with Crippen LogP contribution >= 0.6 is 12.2 Å². The number of carbonyl (C=O) groups is 1. The van der Waals surface area contributed by atoms with Crippen molar-refractivity contribution in [3.8, 4) is 0 Å². The highest BCUT2D eigenvalue weighted by Gasteiger charge is 2.54. The van der Waals surface area contributed by atoms with E-state index in [0.29, 0.717) is 11.0 Å². The van der Waals surface area contributed by atoms with E-state index in [9.17, 15) is 4.79 Å². The monoisotopic (exact) mass is 255 g/mol. The Balaban J connectivity index is 2.03. The molecule has 5 heteroatoms. The minimum absolute atomic E-state index is 0.163. The topological polar surface area (TPSA) is 49.6 Å². The number of thiocarbonyl (C=S) groups is 1. The van der Waals surface area contributed by atoms with Crippen LogP contribution in [0.25, 0.3) is 0 Å². The highest BCUT2D eigenvalue weighted by Crippen LogP contribution is 2.47. The maximum atomic E-state index is 12.4. The van der Waals surface area contributed by atoms with Gasteiger partial charge in [-0.05, 0) is 39.8 Å². The van der Waals surface area contributed by atoms with E-state index in [4.69, 9.17) is 18.0 Å². The molecule has 17 heavy (non-hydrogen) atoms. The first-order valence-electron chi connectivity index (χ1n) is 6.23. The van der Waals surface area contributed by atoms with Crippen molar-refractivity contribution < 1.29 is 4.79 Å². The summed E-state index contributed by atoms with van der Waals surface area (Å²) in [5.41, 5.74) is 5.23. The summed E-state index contributed by atoms with van der Waals surface area (Å²) in [5, 5.41) is 0. The smallest absolute Gasteiger partial charge is 0.235 e. The largest absolute Gasteiger partial charge is 0.392 e. The summed E-state index contributed by atoms with van der Waals surface area (Å²) in [4.78, 5) is 17.0. The Morgan fingerprint density at radius 1 is 1.47 bits per heavy atom. The Morgan fingerprint density at radius 3 is 2.59 bits per heavy atom. The third-order valence-corrected chi connectivity index (χ3v) is 4.44. The summed E-state index contributed by atoms with van der Waals surface area (Å²) >= 11 is 5.04. The van der Waals surface area contributed by atoms with Gasteiger partial charge in [0.25, 0.3) is 0 Å². The minimum Gasteiger partial charge on any atom is -0.392 e. The van der Waals surface area contributed by atoms with E-state index >= 15 is 0 Å². The van der Waals surface area contributed by atoms with Crippen LogP contribution in [0.3, 0.4) is 0 Å². The lowest BCUT2D eigenvalue weighted by Gasteiger charge is -2.37. The molecule has 4 nitrogen and oxygen atoms in total. The Bertz CT molecular complexity index is 339. The van der Waals surface area contributed by atoms with E-state index in [0.717, 1.165) is 38.8 Å². The van der Waals surface area contributed by atoms with Crippen LogP contribution in [-0.4, -0.2) is 53.9 Å². The number of nitrogens with zero attached hydrogens (tertiary/aromatic N) is 2. The summed E-state index contributed by atoms with van der Waals surface area (Å²) < 4.78 is 0. The van der Waals surface area contributed by atoms with Crippen molar-refractivity contribution in [1.82, 2.24) is 9.80 Å². The number of likely N-dealkylation sites (N-methyl/N-ethyl adjacent to an activating group) is 1. The number of carbonyl (C=O) groups excluding carboxylic acids is 1. The van der Waals surface area contributed by atoms with Gasteiger partial charge in [-0.1, -0.05) is 12.2 Å². The van der Waals surface area contributed by atoms with Crippen LogP contribution in [0.1, 0.15) is 25.7 Å². The fourth-order valence-corrected chi connectivity index (χ4v) is 2.85.